The highest BCUT2D eigenvalue weighted by Crippen LogP contribution is 2.28. The van der Waals surface area contributed by atoms with E-state index in [1.807, 2.05) is 17.8 Å². The summed E-state index contributed by atoms with van der Waals surface area (Å²) in [5, 5.41) is 8.18. The maximum atomic E-state index is 12.7. The second-order valence-electron chi connectivity index (χ2n) is 8.04. The van der Waals surface area contributed by atoms with Crippen LogP contribution in [0, 0.1) is 5.92 Å². The zero-order chi connectivity index (χ0) is 23.0. The molecule has 0 aliphatic carbocycles. The van der Waals surface area contributed by atoms with Gasteiger partial charge in [-0.3, -0.25) is 9.69 Å². The van der Waals surface area contributed by atoms with Crippen LogP contribution in [0.3, 0.4) is 0 Å². The van der Waals surface area contributed by atoms with Gasteiger partial charge in [0.25, 0.3) is 0 Å². The topological polar surface area (TPSA) is 71.3 Å². The van der Waals surface area contributed by atoms with Crippen LogP contribution in [0.2, 0.25) is 10.0 Å². The van der Waals surface area contributed by atoms with E-state index in [0.29, 0.717) is 47.0 Å². The molecule has 1 unspecified atom stereocenters. The number of nitrogens with zero attached hydrogens (tertiary/aromatic N) is 3. The van der Waals surface area contributed by atoms with E-state index in [1.54, 1.807) is 18.2 Å². The zero-order valence-corrected chi connectivity index (χ0v) is 20.5. The van der Waals surface area contributed by atoms with Crippen LogP contribution in [-0.4, -0.2) is 46.3 Å². The van der Waals surface area contributed by atoms with Crippen LogP contribution in [-0.2, 0) is 17.1 Å². The minimum absolute atomic E-state index is 0.0222. The summed E-state index contributed by atoms with van der Waals surface area (Å²) in [5.41, 5.74) is 1.98. The summed E-state index contributed by atoms with van der Waals surface area (Å²) in [6, 6.07) is 15.5. The van der Waals surface area contributed by atoms with Crippen LogP contribution in [0.5, 0.6) is 0 Å². The van der Waals surface area contributed by atoms with Gasteiger partial charge in [0.2, 0.25) is 17.6 Å². The average Bonchev–Trinajstić information content (AvgIpc) is 3.27. The van der Waals surface area contributed by atoms with Gasteiger partial charge in [-0.2, -0.15) is 16.7 Å². The molecular formula is C24H26Cl2N4O2S. The SMILES string of the molecule is O=C(NCCSCc1ccccc1)C1CCCN(Cc2nc(-c3ccc(Cl)cc3Cl)no2)C1. The van der Waals surface area contributed by atoms with Gasteiger partial charge in [0.15, 0.2) is 0 Å². The number of nitrogens with one attached hydrogen (secondary N) is 1. The summed E-state index contributed by atoms with van der Waals surface area (Å²) in [5.74, 6) is 2.90. The first-order chi connectivity index (χ1) is 16.1. The fourth-order valence-corrected chi connectivity index (χ4v) is 5.17. The van der Waals surface area contributed by atoms with Crippen LogP contribution in [0.25, 0.3) is 11.4 Å². The average molecular weight is 505 g/mol. The van der Waals surface area contributed by atoms with Crippen molar-refractivity contribution in [2.45, 2.75) is 25.1 Å². The van der Waals surface area contributed by atoms with Crippen molar-refractivity contribution in [3.63, 3.8) is 0 Å². The summed E-state index contributed by atoms with van der Waals surface area (Å²) in [7, 11) is 0. The number of aromatic nitrogens is 2. The van der Waals surface area contributed by atoms with Gasteiger partial charge in [0.1, 0.15) is 0 Å². The number of hydrogen-bond acceptors (Lipinski definition) is 6. The molecule has 1 aromatic heterocycles. The van der Waals surface area contributed by atoms with Gasteiger partial charge in [-0.25, -0.2) is 0 Å². The molecule has 1 aliphatic rings. The highest BCUT2D eigenvalue weighted by atomic mass is 35.5. The van der Waals surface area contributed by atoms with Crippen molar-refractivity contribution in [3.8, 4) is 11.4 Å². The molecule has 4 rings (SSSR count). The first kappa shape index (κ1) is 24.1. The molecule has 1 atom stereocenters. The molecule has 1 N–H and O–H groups in total. The Morgan fingerprint density at radius 3 is 2.88 bits per heavy atom. The van der Waals surface area contributed by atoms with Crippen molar-refractivity contribution in [1.29, 1.82) is 0 Å². The molecule has 0 spiro atoms. The lowest BCUT2D eigenvalue weighted by Crippen LogP contribution is -2.43. The van der Waals surface area contributed by atoms with E-state index in [-0.39, 0.29) is 11.8 Å². The van der Waals surface area contributed by atoms with E-state index in [2.05, 4.69) is 44.6 Å². The third kappa shape index (κ3) is 6.96. The maximum Gasteiger partial charge on any atom is 0.241 e. The van der Waals surface area contributed by atoms with E-state index >= 15 is 0 Å². The lowest BCUT2D eigenvalue weighted by Gasteiger charge is -2.30. The van der Waals surface area contributed by atoms with Crippen molar-refractivity contribution in [2.24, 2.45) is 5.92 Å². The van der Waals surface area contributed by atoms with Gasteiger partial charge >= 0.3 is 0 Å². The fraction of sp³-hybridized carbons (Fsp3) is 0.375. The zero-order valence-electron chi connectivity index (χ0n) is 18.2. The normalized spacial score (nSPS) is 16.6. The number of halogens is 2. The van der Waals surface area contributed by atoms with Gasteiger partial charge in [0, 0.05) is 35.2 Å². The number of benzene rings is 2. The summed E-state index contributed by atoms with van der Waals surface area (Å²) in [6.45, 7) is 2.77. The number of carbonyl (C=O) groups is 1. The predicted octanol–water partition coefficient (Wildman–Crippen LogP) is 5.31. The van der Waals surface area contributed by atoms with Gasteiger partial charge in [0.05, 0.1) is 17.5 Å². The third-order valence-electron chi connectivity index (χ3n) is 5.53. The molecule has 9 heteroatoms. The summed E-state index contributed by atoms with van der Waals surface area (Å²) >= 11 is 14.0. The minimum atomic E-state index is -0.0222. The highest BCUT2D eigenvalue weighted by molar-refractivity contribution is 7.98. The van der Waals surface area contributed by atoms with Crippen LogP contribution in [0.4, 0.5) is 0 Å². The molecule has 33 heavy (non-hydrogen) atoms. The standard InChI is InChI=1S/C24H26Cl2N4O2S/c25-19-8-9-20(21(26)13-19)23-28-22(32-29-23)15-30-11-4-7-18(14-30)24(31)27-10-12-33-16-17-5-2-1-3-6-17/h1-3,5-6,8-9,13,18H,4,7,10-12,14-16H2,(H,27,31). The van der Waals surface area contributed by atoms with E-state index in [1.165, 1.54) is 5.56 Å². The molecule has 6 nitrogen and oxygen atoms in total. The lowest BCUT2D eigenvalue weighted by molar-refractivity contribution is -0.126. The molecule has 0 bridgehead atoms. The molecule has 2 aromatic carbocycles. The molecular weight excluding hydrogens is 479 g/mol. The van der Waals surface area contributed by atoms with E-state index < -0.39 is 0 Å². The molecule has 2 heterocycles. The van der Waals surface area contributed by atoms with Crippen molar-refractivity contribution < 1.29 is 9.32 Å². The van der Waals surface area contributed by atoms with E-state index in [4.69, 9.17) is 27.7 Å². The maximum absolute atomic E-state index is 12.7. The Kier molecular flexibility index (Phi) is 8.67. The van der Waals surface area contributed by atoms with E-state index in [0.717, 1.165) is 30.9 Å². The van der Waals surface area contributed by atoms with Crippen LogP contribution in [0.1, 0.15) is 24.3 Å². The van der Waals surface area contributed by atoms with Crippen LogP contribution >= 0.6 is 35.0 Å². The number of rotatable bonds is 9. The Balaban J connectivity index is 1.22. The van der Waals surface area contributed by atoms with Gasteiger partial charge in [-0.1, -0.05) is 58.7 Å². The van der Waals surface area contributed by atoms with Crippen molar-refractivity contribution in [3.05, 3.63) is 70.0 Å². The van der Waals surface area contributed by atoms with Crippen LogP contribution < -0.4 is 5.32 Å². The van der Waals surface area contributed by atoms with Crippen LogP contribution in [0.15, 0.2) is 53.1 Å². The molecule has 1 fully saturated rings. The molecule has 174 valence electrons. The Morgan fingerprint density at radius 1 is 1.21 bits per heavy atom. The van der Waals surface area contributed by atoms with Gasteiger partial charge < -0.3 is 9.84 Å². The number of thioether (sulfide) groups is 1. The first-order valence-electron chi connectivity index (χ1n) is 11.0. The Labute approximate surface area is 208 Å². The largest absolute Gasteiger partial charge is 0.355 e. The summed E-state index contributed by atoms with van der Waals surface area (Å²) in [6.07, 6.45) is 1.86. The number of piperidine rings is 1. The summed E-state index contributed by atoms with van der Waals surface area (Å²) in [4.78, 5) is 19.3. The Morgan fingerprint density at radius 2 is 2.06 bits per heavy atom. The Hall–Kier alpha value is -2.06. The number of amides is 1. The predicted molar refractivity (Wildman–Crippen MR) is 133 cm³/mol. The third-order valence-corrected chi connectivity index (χ3v) is 7.11. The van der Waals surface area contributed by atoms with Gasteiger partial charge in [-0.05, 0) is 43.1 Å². The van der Waals surface area contributed by atoms with Crippen molar-refractivity contribution in [2.75, 3.05) is 25.4 Å². The van der Waals surface area contributed by atoms with Crippen molar-refractivity contribution >= 4 is 40.9 Å². The second-order valence-corrected chi connectivity index (χ2v) is 9.99. The Bertz CT molecular complexity index is 1060. The molecule has 0 radical (unpaired) electrons. The number of carbonyl (C=O) groups excluding carboxylic acids is 1. The fourth-order valence-electron chi connectivity index (χ4n) is 3.86. The lowest BCUT2D eigenvalue weighted by atomic mass is 9.97. The highest BCUT2D eigenvalue weighted by Gasteiger charge is 2.26. The summed E-state index contributed by atoms with van der Waals surface area (Å²) < 4.78 is 5.43. The van der Waals surface area contributed by atoms with E-state index in [9.17, 15) is 4.79 Å². The quantitative estimate of drug-likeness (QED) is 0.398. The second kappa shape index (κ2) is 11.9. The molecule has 1 saturated heterocycles. The number of hydrogen-bond donors (Lipinski definition) is 1. The number of likely N-dealkylation sites (tertiary alicyclic amines) is 1. The molecule has 3 aromatic rings. The first-order valence-corrected chi connectivity index (χ1v) is 12.9. The molecule has 1 aliphatic heterocycles. The monoisotopic (exact) mass is 504 g/mol. The molecule has 1 amide bonds. The smallest absolute Gasteiger partial charge is 0.241 e. The molecule has 0 saturated carbocycles. The minimum Gasteiger partial charge on any atom is -0.355 e. The van der Waals surface area contributed by atoms with Crippen molar-refractivity contribution in [1.82, 2.24) is 20.4 Å². The van der Waals surface area contributed by atoms with Gasteiger partial charge in [-0.15, -0.1) is 0 Å².